The quantitative estimate of drug-likeness (QED) is 0.0195. The molecular formula is C65H103NO8. The molecule has 0 aromatic heterocycles. The Bertz CT molecular complexity index is 1720. The fourth-order valence-electron chi connectivity index (χ4n) is 6.94. The Morgan fingerprint density at radius 2 is 0.770 bits per heavy atom. The smallest absolute Gasteiger partial charge is 0.306 e. The Hall–Kier alpha value is -4.83. The normalized spacial score (nSPS) is 13.9. The van der Waals surface area contributed by atoms with E-state index in [0.29, 0.717) is 23.9 Å². The molecule has 0 aliphatic rings. The van der Waals surface area contributed by atoms with Crippen LogP contribution in [0.2, 0.25) is 0 Å². The molecule has 0 rings (SSSR count). The molecule has 0 N–H and O–H groups in total. The van der Waals surface area contributed by atoms with Crippen LogP contribution in [0.15, 0.2) is 146 Å². The van der Waals surface area contributed by atoms with E-state index in [1.807, 2.05) is 21.1 Å². The number of hydrogen-bond donors (Lipinski definition) is 0. The van der Waals surface area contributed by atoms with E-state index < -0.39 is 30.3 Å². The van der Waals surface area contributed by atoms with Gasteiger partial charge in [-0.2, -0.15) is 0 Å². The highest BCUT2D eigenvalue weighted by atomic mass is 16.7. The number of carbonyl (C=O) groups excluding carboxylic acids is 3. The lowest BCUT2D eigenvalue weighted by atomic mass is 10.1. The number of aliphatic carboxylic acids is 1. The maximum Gasteiger partial charge on any atom is 0.306 e. The van der Waals surface area contributed by atoms with Gasteiger partial charge in [0.1, 0.15) is 13.2 Å². The van der Waals surface area contributed by atoms with Gasteiger partial charge in [0.05, 0.1) is 40.3 Å². The van der Waals surface area contributed by atoms with Crippen molar-refractivity contribution in [3.05, 3.63) is 146 Å². The van der Waals surface area contributed by atoms with E-state index in [2.05, 4.69) is 160 Å². The molecule has 2 unspecified atom stereocenters. The summed E-state index contributed by atoms with van der Waals surface area (Å²) in [6.45, 7) is 4.51. The molecule has 0 saturated heterocycles. The SMILES string of the molecule is CC/C=C\C/C=C\C/C=C\C/C=C\C/C=C\C/C=C\C/C=C\C/C=C\C/C=C\C/C=C\CCCCC(=O)OC(COC(=O)CCCCCCC/C=C\C/C=C\CCCCCC)COC(OCC[N+](C)(C)C)C(=O)[O-]. The number of unbranched alkanes of at least 4 members (excludes halogenated alkanes) is 11. The van der Waals surface area contributed by atoms with Gasteiger partial charge in [0.25, 0.3) is 0 Å². The molecule has 0 saturated carbocycles. The van der Waals surface area contributed by atoms with E-state index in [-0.39, 0.29) is 32.7 Å². The zero-order valence-electron chi connectivity index (χ0n) is 47.1. The Labute approximate surface area is 452 Å². The van der Waals surface area contributed by atoms with Crippen LogP contribution < -0.4 is 5.11 Å². The second-order valence-electron chi connectivity index (χ2n) is 19.5. The second kappa shape index (κ2) is 54.4. The van der Waals surface area contributed by atoms with Crippen molar-refractivity contribution in [3.63, 3.8) is 0 Å². The van der Waals surface area contributed by atoms with Crippen LogP contribution in [0.4, 0.5) is 0 Å². The molecule has 0 aromatic rings. The maximum absolute atomic E-state index is 12.8. The van der Waals surface area contributed by atoms with E-state index in [1.54, 1.807) is 0 Å². The maximum atomic E-state index is 12.8. The summed E-state index contributed by atoms with van der Waals surface area (Å²) in [5.74, 6) is -2.38. The topological polar surface area (TPSA) is 111 Å². The summed E-state index contributed by atoms with van der Waals surface area (Å²) in [7, 11) is 5.88. The number of quaternary nitrogens is 1. The lowest BCUT2D eigenvalue weighted by molar-refractivity contribution is -0.870. The first kappa shape index (κ1) is 69.2. The number of likely N-dealkylation sites (N-methyl/N-ethyl adjacent to an activating group) is 1. The summed E-state index contributed by atoms with van der Waals surface area (Å²) < 4.78 is 22.6. The Morgan fingerprint density at radius 1 is 0.419 bits per heavy atom. The molecule has 74 heavy (non-hydrogen) atoms. The van der Waals surface area contributed by atoms with Crippen molar-refractivity contribution in [3.8, 4) is 0 Å². The van der Waals surface area contributed by atoms with Crippen molar-refractivity contribution in [2.45, 2.75) is 200 Å². The molecule has 0 aliphatic heterocycles. The van der Waals surface area contributed by atoms with Crippen molar-refractivity contribution >= 4 is 17.9 Å². The van der Waals surface area contributed by atoms with Crippen molar-refractivity contribution in [2.24, 2.45) is 0 Å². The first-order valence-corrected chi connectivity index (χ1v) is 28.5. The third-order valence-electron chi connectivity index (χ3n) is 11.3. The third-order valence-corrected chi connectivity index (χ3v) is 11.3. The molecule has 0 spiro atoms. The predicted octanol–water partition coefficient (Wildman–Crippen LogP) is 15.5. The number of ether oxygens (including phenoxy) is 4. The Morgan fingerprint density at radius 3 is 1.18 bits per heavy atom. The monoisotopic (exact) mass is 1030 g/mol. The molecule has 2 atom stereocenters. The highest BCUT2D eigenvalue weighted by Crippen LogP contribution is 2.12. The predicted molar refractivity (Wildman–Crippen MR) is 310 cm³/mol. The van der Waals surface area contributed by atoms with Crippen molar-refractivity contribution in [1.82, 2.24) is 0 Å². The summed E-state index contributed by atoms with van der Waals surface area (Å²) in [4.78, 5) is 37.2. The van der Waals surface area contributed by atoms with Gasteiger partial charge in [0.2, 0.25) is 0 Å². The van der Waals surface area contributed by atoms with Gasteiger partial charge in [-0.25, -0.2) is 0 Å². The molecular weight excluding hydrogens is 923 g/mol. The molecule has 0 aromatic carbocycles. The lowest BCUT2D eigenvalue weighted by Crippen LogP contribution is -2.44. The van der Waals surface area contributed by atoms with E-state index in [1.165, 1.54) is 32.1 Å². The molecule has 0 radical (unpaired) electrons. The van der Waals surface area contributed by atoms with Crippen LogP contribution in [-0.4, -0.2) is 82.3 Å². The molecule has 0 bridgehead atoms. The van der Waals surface area contributed by atoms with Crippen LogP contribution in [0.5, 0.6) is 0 Å². The van der Waals surface area contributed by atoms with Gasteiger partial charge in [0, 0.05) is 12.8 Å². The third kappa shape index (κ3) is 54.9. The second-order valence-corrected chi connectivity index (χ2v) is 19.5. The minimum Gasteiger partial charge on any atom is -0.545 e. The van der Waals surface area contributed by atoms with Crippen molar-refractivity contribution in [2.75, 3.05) is 47.5 Å². The van der Waals surface area contributed by atoms with E-state index in [9.17, 15) is 19.5 Å². The zero-order chi connectivity index (χ0) is 54.1. The van der Waals surface area contributed by atoms with E-state index in [0.717, 1.165) is 116 Å². The van der Waals surface area contributed by atoms with E-state index in [4.69, 9.17) is 18.9 Å². The van der Waals surface area contributed by atoms with Gasteiger partial charge in [-0.3, -0.25) is 9.59 Å². The molecule has 0 amide bonds. The highest BCUT2D eigenvalue weighted by Gasteiger charge is 2.21. The van der Waals surface area contributed by atoms with Crippen LogP contribution in [0.25, 0.3) is 0 Å². The van der Waals surface area contributed by atoms with Crippen LogP contribution in [0, 0.1) is 0 Å². The standard InChI is InChI=1S/C65H103NO8/c1-6-8-10-12-14-16-18-20-22-24-25-26-27-28-29-30-31-32-33-34-35-36-37-38-39-40-42-44-46-48-50-52-54-56-63(68)74-61(60-73-65(64(69)70)71-58-57-66(3,4)5)59-72-62(67)55-53-51-49-47-45-43-41-23-21-19-17-15-13-11-9-7-2/h8,10,14,16-17,19-20,22-23,25-26,28-29,31-32,34-35,37-38,40-42,46,48,61,65H,6-7,9,11-13,15,18,21,24,27,30,33,36,39,43-45,47,49-60H2,1-5H3/b10-8-,16-14-,19-17-,22-20-,26-25-,29-28-,32-31-,35-34-,38-37-,41-23-,42-40-,48-46-. The molecule has 0 aliphatic carbocycles. The lowest BCUT2D eigenvalue weighted by Gasteiger charge is -2.26. The van der Waals surface area contributed by atoms with Gasteiger partial charge in [-0.1, -0.05) is 198 Å². The van der Waals surface area contributed by atoms with E-state index >= 15 is 0 Å². The molecule has 0 heterocycles. The van der Waals surface area contributed by atoms with Crippen molar-refractivity contribution in [1.29, 1.82) is 0 Å². The molecule has 9 heteroatoms. The van der Waals surface area contributed by atoms with Gasteiger partial charge in [0.15, 0.2) is 12.4 Å². The summed E-state index contributed by atoms with van der Waals surface area (Å²) in [5, 5.41) is 11.8. The summed E-state index contributed by atoms with van der Waals surface area (Å²) in [6.07, 6.45) is 76.1. The van der Waals surface area contributed by atoms with Crippen LogP contribution in [0.1, 0.15) is 187 Å². The van der Waals surface area contributed by atoms with Gasteiger partial charge < -0.3 is 33.3 Å². The number of rotatable bonds is 50. The summed E-state index contributed by atoms with van der Waals surface area (Å²) in [5.41, 5.74) is 0. The highest BCUT2D eigenvalue weighted by molar-refractivity contribution is 5.70. The molecule has 9 nitrogen and oxygen atoms in total. The Kier molecular flexibility index (Phi) is 50.9. The minimum atomic E-state index is -1.65. The number of carboxylic acids is 1. The first-order valence-electron chi connectivity index (χ1n) is 28.5. The number of hydrogen-bond acceptors (Lipinski definition) is 8. The first-order chi connectivity index (χ1) is 36.1. The average molecular weight is 1030 g/mol. The number of allylic oxidation sites excluding steroid dienone is 24. The average Bonchev–Trinajstić information content (AvgIpc) is 3.37. The van der Waals surface area contributed by atoms with Gasteiger partial charge in [-0.15, -0.1) is 0 Å². The summed E-state index contributed by atoms with van der Waals surface area (Å²) >= 11 is 0. The molecule has 0 fully saturated rings. The number of carboxylic acid groups (broad SMARTS) is 1. The summed E-state index contributed by atoms with van der Waals surface area (Å²) in [6, 6.07) is 0. The fraction of sp³-hybridized carbons (Fsp3) is 0.585. The zero-order valence-corrected chi connectivity index (χ0v) is 47.1. The molecule has 416 valence electrons. The minimum absolute atomic E-state index is 0.128. The number of esters is 2. The number of nitrogens with zero attached hydrogens (tertiary/aromatic N) is 1. The number of carbonyl (C=O) groups is 3. The fourth-order valence-corrected chi connectivity index (χ4v) is 6.94. The van der Waals surface area contributed by atoms with Crippen LogP contribution >= 0.6 is 0 Å². The van der Waals surface area contributed by atoms with Crippen molar-refractivity contribution < 1.29 is 42.9 Å². The Balaban J connectivity index is 4.40. The largest absolute Gasteiger partial charge is 0.545 e. The van der Waals surface area contributed by atoms with Gasteiger partial charge in [-0.05, 0) is 122 Å². The van der Waals surface area contributed by atoms with Crippen LogP contribution in [0.3, 0.4) is 0 Å². The van der Waals surface area contributed by atoms with Gasteiger partial charge >= 0.3 is 11.9 Å². The van der Waals surface area contributed by atoms with Crippen LogP contribution in [-0.2, 0) is 33.3 Å².